The summed E-state index contributed by atoms with van der Waals surface area (Å²) in [6.45, 7) is -0.407. The summed E-state index contributed by atoms with van der Waals surface area (Å²) in [5, 5.41) is 2.61. The average molecular weight is 430 g/mol. The van der Waals surface area contributed by atoms with E-state index in [4.69, 9.17) is 9.47 Å². The minimum Gasteiger partial charge on any atom is -0.480 e. The van der Waals surface area contributed by atoms with Crippen molar-refractivity contribution in [3.05, 3.63) is 48.0 Å². The van der Waals surface area contributed by atoms with Gasteiger partial charge in [-0.25, -0.2) is 9.97 Å². The number of fused-ring (bicyclic) bond motifs is 2. The molecule has 3 fully saturated rings. The van der Waals surface area contributed by atoms with Gasteiger partial charge in [0.1, 0.15) is 16.9 Å². The Kier molecular flexibility index (Phi) is 4.37. The predicted molar refractivity (Wildman–Crippen MR) is 106 cm³/mol. The van der Waals surface area contributed by atoms with Gasteiger partial charge in [0.05, 0.1) is 25.0 Å². The largest absolute Gasteiger partial charge is 0.480 e. The zero-order valence-corrected chi connectivity index (χ0v) is 16.9. The van der Waals surface area contributed by atoms with Gasteiger partial charge in [0.15, 0.2) is 5.75 Å². The number of imidazole rings is 1. The van der Waals surface area contributed by atoms with Crippen LogP contribution in [0.4, 0.5) is 14.5 Å². The predicted octanol–water partition coefficient (Wildman–Crippen LogP) is 3.41. The molecule has 10 heteroatoms. The third kappa shape index (κ3) is 3.27. The summed E-state index contributed by atoms with van der Waals surface area (Å²) < 4.78 is 43.4. The topological polar surface area (TPSA) is 87.0 Å². The van der Waals surface area contributed by atoms with Crippen LogP contribution in [-0.2, 0) is 10.2 Å². The maximum atomic E-state index is 13.0. The molecule has 162 valence electrons. The van der Waals surface area contributed by atoms with E-state index in [1.807, 2.05) is 6.20 Å². The molecule has 5 heterocycles. The third-order valence-corrected chi connectivity index (χ3v) is 5.89. The molecule has 0 aromatic carbocycles. The lowest BCUT2D eigenvalue weighted by molar-refractivity contribution is -0.0493. The maximum Gasteiger partial charge on any atom is 0.387 e. The fourth-order valence-electron chi connectivity index (χ4n) is 4.63. The molecule has 1 saturated carbocycles. The number of ether oxygens (including phenoxy) is 3. The monoisotopic (exact) mass is 430 g/mol. The van der Waals surface area contributed by atoms with Crippen LogP contribution in [0.5, 0.6) is 11.6 Å². The zero-order chi connectivity index (χ0) is 21.8. The Morgan fingerprint density at radius 1 is 1.35 bits per heavy atom. The van der Waals surface area contributed by atoms with E-state index in [9.17, 15) is 13.6 Å². The smallest absolute Gasteiger partial charge is 0.387 e. The fourth-order valence-corrected chi connectivity index (χ4v) is 4.63. The first-order chi connectivity index (χ1) is 14.8. The van der Waals surface area contributed by atoms with E-state index in [1.165, 1.54) is 31.6 Å². The van der Waals surface area contributed by atoms with Gasteiger partial charge in [-0.3, -0.25) is 4.79 Å². The average Bonchev–Trinajstić information content (AvgIpc) is 3.38. The summed E-state index contributed by atoms with van der Waals surface area (Å²) in [5.74, 6) is -0.633. The fraction of sp³-hybridized carbons (Fsp3) is 0.381. The highest BCUT2D eigenvalue weighted by Gasteiger charge is 2.61. The van der Waals surface area contributed by atoms with Crippen LogP contribution >= 0.6 is 0 Å². The van der Waals surface area contributed by atoms with E-state index in [0.29, 0.717) is 12.3 Å². The lowest BCUT2D eigenvalue weighted by Gasteiger charge is -2.41. The number of carbonyl (C=O) groups is 1. The molecule has 1 N–H and O–H groups in total. The van der Waals surface area contributed by atoms with Gasteiger partial charge in [-0.2, -0.15) is 8.78 Å². The van der Waals surface area contributed by atoms with Crippen LogP contribution in [0.2, 0.25) is 0 Å². The number of rotatable bonds is 6. The molecule has 0 atom stereocenters. The van der Waals surface area contributed by atoms with E-state index in [1.54, 1.807) is 10.5 Å². The number of anilines is 1. The molecule has 0 spiro atoms. The first kappa shape index (κ1) is 19.7. The summed E-state index contributed by atoms with van der Waals surface area (Å²) in [6, 6.07) is 4.49. The molecule has 6 rings (SSSR count). The molecule has 3 aliphatic rings. The van der Waals surface area contributed by atoms with Crippen molar-refractivity contribution in [2.45, 2.75) is 37.4 Å². The van der Waals surface area contributed by atoms with Crippen molar-refractivity contribution >= 4 is 17.2 Å². The Bertz CT molecular complexity index is 1170. The SMILES string of the molecule is COc1ncccc1C(=O)Nc1cn2cc(C34COC(C)(C3)C4)nc2cc1OC(F)F. The van der Waals surface area contributed by atoms with Gasteiger partial charge >= 0.3 is 6.61 Å². The molecule has 2 saturated heterocycles. The summed E-state index contributed by atoms with van der Waals surface area (Å²) in [4.78, 5) is 21.4. The second-order valence-corrected chi connectivity index (χ2v) is 8.21. The van der Waals surface area contributed by atoms with E-state index >= 15 is 0 Å². The molecular formula is C21H20F2N4O4. The summed E-state index contributed by atoms with van der Waals surface area (Å²) in [7, 11) is 1.39. The Balaban J connectivity index is 1.51. The summed E-state index contributed by atoms with van der Waals surface area (Å²) >= 11 is 0. The summed E-state index contributed by atoms with van der Waals surface area (Å²) in [5.41, 5.74) is 1.25. The number of alkyl halides is 2. The Labute approximate surface area is 176 Å². The minimum atomic E-state index is -3.06. The number of methoxy groups -OCH3 is 1. The Morgan fingerprint density at radius 3 is 2.84 bits per heavy atom. The van der Waals surface area contributed by atoms with E-state index < -0.39 is 12.5 Å². The molecule has 8 nitrogen and oxygen atoms in total. The molecule has 3 aromatic heterocycles. The highest BCUT2D eigenvalue weighted by atomic mass is 19.3. The van der Waals surface area contributed by atoms with Gasteiger partial charge in [0, 0.05) is 30.1 Å². The van der Waals surface area contributed by atoms with Crippen LogP contribution in [0.1, 0.15) is 35.8 Å². The van der Waals surface area contributed by atoms with E-state index in [2.05, 4.69) is 26.9 Å². The van der Waals surface area contributed by atoms with Crippen molar-refractivity contribution in [1.29, 1.82) is 0 Å². The van der Waals surface area contributed by atoms with Crippen LogP contribution in [0.15, 0.2) is 36.8 Å². The van der Waals surface area contributed by atoms with Crippen LogP contribution in [0.3, 0.4) is 0 Å². The molecule has 1 amide bonds. The molecule has 1 aliphatic carbocycles. The second kappa shape index (κ2) is 6.88. The third-order valence-electron chi connectivity index (χ3n) is 5.89. The second-order valence-electron chi connectivity index (χ2n) is 8.21. The lowest BCUT2D eigenvalue weighted by atomic mass is 9.62. The van der Waals surface area contributed by atoms with Crippen molar-refractivity contribution in [3.8, 4) is 11.6 Å². The number of hydrogen-bond donors (Lipinski definition) is 1. The standard InChI is InChI=1S/C21H20F2N4O4/c1-20-9-21(10-20,11-30-20)15-8-27-7-13(14(31-19(22)23)6-16(27)26-15)25-17(28)12-4-3-5-24-18(12)29-2/h3-8,19H,9-11H2,1-2H3,(H,25,28). The van der Waals surface area contributed by atoms with Crippen molar-refractivity contribution in [2.24, 2.45) is 0 Å². The van der Waals surface area contributed by atoms with Crippen LogP contribution in [-0.4, -0.2) is 46.2 Å². The lowest BCUT2D eigenvalue weighted by Crippen LogP contribution is -2.45. The molecule has 0 unspecified atom stereocenters. The number of hydrogen-bond acceptors (Lipinski definition) is 6. The van der Waals surface area contributed by atoms with Crippen molar-refractivity contribution < 1.29 is 27.8 Å². The molecule has 0 radical (unpaired) electrons. The van der Waals surface area contributed by atoms with Crippen LogP contribution in [0, 0.1) is 0 Å². The maximum absolute atomic E-state index is 13.0. The van der Waals surface area contributed by atoms with Gasteiger partial charge < -0.3 is 23.9 Å². The zero-order valence-electron chi connectivity index (χ0n) is 16.9. The Hall–Kier alpha value is -3.27. The van der Waals surface area contributed by atoms with Gasteiger partial charge in [0.2, 0.25) is 5.88 Å². The first-order valence-corrected chi connectivity index (χ1v) is 9.73. The van der Waals surface area contributed by atoms with Crippen LogP contribution in [0.25, 0.3) is 5.65 Å². The normalized spacial score (nSPS) is 24.3. The molecule has 2 aliphatic heterocycles. The van der Waals surface area contributed by atoms with Gasteiger partial charge in [-0.15, -0.1) is 0 Å². The number of nitrogens with zero attached hydrogens (tertiary/aromatic N) is 3. The minimum absolute atomic E-state index is 0.0753. The van der Waals surface area contributed by atoms with E-state index in [0.717, 1.165) is 18.5 Å². The van der Waals surface area contributed by atoms with Crippen molar-refractivity contribution in [3.63, 3.8) is 0 Å². The number of amides is 1. The molecular weight excluding hydrogens is 410 g/mol. The number of nitrogens with one attached hydrogen (secondary N) is 1. The van der Waals surface area contributed by atoms with Crippen molar-refractivity contribution in [2.75, 3.05) is 19.0 Å². The van der Waals surface area contributed by atoms with Gasteiger partial charge in [-0.1, -0.05) is 0 Å². The highest BCUT2D eigenvalue weighted by Crippen LogP contribution is 2.58. The first-order valence-electron chi connectivity index (χ1n) is 9.73. The highest BCUT2D eigenvalue weighted by molar-refractivity contribution is 6.06. The van der Waals surface area contributed by atoms with Crippen LogP contribution < -0.4 is 14.8 Å². The van der Waals surface area contributed by atoms with Gasteiger partial charge in [-0.05, 0) is 31.9 Å². The number of aromatic nitrogens is 3. The molecule has 3 aromatic rings. The number of pyridine rings is 2. The molecule has 31 heavy (non-hydrogen) atoms. The number of carbonyl (C=O) groups excluding carboxylic acids is 1. The van der Waals surface area contributed by atoms with Crippen molar-refractivity contribution in [1.82, 2.24) is 14.4 Å². The quantitative estimate of drug-likeness (QED) is 0.645. The molecule has 2 bridgehead atoms. The van der Waals surface area contributed by atoms with Gasteiger partial charge in [0.25, 0.3) is 5.91 Å². The summed E-state index contributed by atoms with van der Waals surface area (Å²) in [6.07, 6.45) is 6.58. The Morgan fingerprint density at radius 2 is 2.16 bits per heavy atom. The number of halogens is 2. The van der Waals surface area contributed by atoms with E-state index in [-0.39, 0.29) is 33.9 Å².